The molecule has 5 heteroatoms. The summed E-state index contributed by atoms with van der Waals surface area (Å²) in [6.07, 6.45) is 4.59. The number of halogens is 1. The van der Waals surface area contributed by atoms with Crippen LogP contribution >= 0.6 is 12.4 Å². The van der Waals surface area contributed by atoms with Gasteiger partial charge in [0.15, 0.2) is 5.76 Å². The Bertz CT molecular complexity index is 719. The Balaban J connectivity index is 0.00000169. The minimum atomic E-state index is 0. The molecule has 3 heterocycles. The number of carbonyl (C=O) groups excluding carboxylic acids is 1. The molecule has 130 valence electrons. The first-order valence-electron chi connectivity index (χ1n) is 8.55. The lowest BCUT2D eigenvalue weighted by Crippen LogP contribution is -2.48. The van der Waals surface area contributed by atoms with Gasteiger partial charge in [-0.3, -0.25) is 4.79 Å². The fourth-order valence-corrected chi connectivity index (χ4v) is 4.09. The molecule has 2 aromatic rings. The number of carbonyl (C=O) groups is 1. The number of benzene rings is 1. The molecule has 2 aliphatic rings. The molecule has 0 radical (unpaired) electrons. The topological polar surface area (TPSA) is 45.5 Å². The largest absolute Gasteiger partial charge is 0.451 e. The lowest BCUT2D eigenvalue weighted by atomic mass is 9.98. The fourth-order valence-electron chi connectivity index (χ4n) is 4.09. The Morgan fingerprint density at radius 1 is 1.12 bits per heavy atom. The first-order chi connectivity index (χ1) is 11.0. The van der Waals surface area contributed by atoms with Gasteiger partial charge in [-0.2, -0.15) is 0 Å². The van der Waals surface area contributed by atoms with Crippen LogP contribution in [0, 0.1) is 13.8 Å². The van der Waals surface area contributed by atoms with Crippen molar-refractivity contribution in [1.29, 1.82) is 0 Å². The maximum Gasteiger partial charge on any atom is 0.289 e. The maximum absolute atomic E-state index is 12.8. The molecule has 1 aromatic heterocycles. The van der Waals surface area contributed by atoms with E-state index in [4.69, 9.17) is 4.42 Å². The van der Waals surface area contributed by atoms with Crippen LogP contribution in [0.4, 0.5) is 0 Å². The Morgan fingerprint density at radius 2 is 1.75 bits per heavy atom. The first-order valence-corrected chi connectivity index (χ1v) is 8.55. The Kier molecular flexibility index (Phi) is 4.63. The zero-order chi connectivity index (χ0) is 16.1. The Labute approximate surface area is 149 Å². The summed E-state index contributed by atoms with van der Waals surface area (Å²) in [7, 11) is 1.92. The second kappa shape index (κ2) is 6.41. The molecule has 2 saturated heterocycles. The van der Waals surface area contributed by atoms with Crippen LogP contribution in [0.25, 0.3) is 11.0 Å². The normalized spacial score (nSPS) is 25.5. The summed E-state index contributed by atoms with van der Waals surface area (Å²) < 4.78 is 5.84. The number of furan rings is 1. The third kappa shape index (κ3) is 2.93. The maximum atomic E-state index is 12.8. The number of piperidine rings is 1. The number of aryl methyl sites for hydroxylation is 2. The van der Waals surface area contributed by atoms with Crippen molar-refractivity contribution in [2.75, 3.05) is 7.05 Å². The molecule has 0 spiro atoms. The number of amides is 1. The van der Waals surface area contributed by atoms with E-state index in [1.807, 2.05) is 24.1 Å². The summed E-state index contributed by atoms with van der Waals surface area (Å²) in [5.74, 6) is 0.459. The molecule has 2 unspecified atom stereocenters. The van der Waals surface area contributed by atoms with Crippen molar-refractivity contribution in [3.05, 3.63) is 35.1 Å². The van der Waals surface area contributed by atoms with Gasteiger partial charge in [0.1, 0.15) is 5.58 Å². The third-order valence-corrected chi connectivity index (χ3v) is 5.66. The van der Waals surface area contributed by atoms with Crippen LogP contribution in [-0.2, 0) is 0 Å². The van der Waals surface area contributed by atoms with Gasteiger partial charge in [0.25, 0.3) is 5.91 Å². The highest BCUT2D eigenvalue weighted by molar-refractivity contribution is 5.96. The quantitative estimate of drug-likeness (QED) is 0.897. The van der Waals surface area contributed by atoms with E-state index in [9.17, 15) is 4.79 Å². The summed E-state index contributed by atoms with van der Waals surface area (Å²) in [5, 5.41) is 4.64. The average molecular weight is 349 g/mol. The average Bonchev–Trinajstić information content (AvgIpc) is 3.09. The molecule has 24 heavy (non-hydrogen) atoms. The van der Waals surface area contributed by atoms with Crippen LogP contribution in [0.1, 0.15) is 47.4 Å². The second-order valence-electron chi connectivity index (χ2n) is 7.26. The summed E-state index contributed by atoms with van der Waals surface area (Å²) in [4.78, 5) is 14.7. The van der Waals surface area contributed by atoms with Gasteiger partial charge >= 0.3 is 0 Å². The highest BCUT2D eigenvalue weighted by Crippen LogP contribution is 2.30. The van der Waals surface area contributed by atoms with Crippen LogP contribution in [-0.4, -0.2) is 36.0 Å². The van der Waals surface area contributed by atoms with E-state index >= 15 is 0 Å². The molecule has 1 N–H and O–H groups in total. The van der Waals surface area contributed by atoms with Crippen molar-refractivity contribution >= 4 is 29.3 Å². The molecule has 1 amide bonds. The smallest absolute Gasteiger partial charge is 0.289 e. The molecule has 4 nitrogen and oxygen atoms in total. The zero-order valence-corrected chi connectivity index (χ0v) is 15.3. The number of hydrogen-bond acceptors (Lipinski definition) is 3. The molecule has 4 rings (SSSR count). The van der Waals surface area contributed by atoms with E-state index in [1.165, 1.54) is 24.0 Å². The Morgan fingerprint density at radius 3 is 2.42 bits per heavy atom. The molecule has 2 bridgehead atoms. The van der Waals surface area contributed by atoms with Crippen molar-refractivity contribution in [1.82, 2.24) is 10.2 Å². The number of hydrogen-bond donors (Lipinski definition) is 1. The van der Waals surface area contributed by atoms with Crippen molar-refractivity contribution in [3.63, 3.8) is 0 Å². The SMILES string of the molecule is Cc1cc2cc(C(=O)N(C)C3CC4CCC(C3)N4)oc2cc1C.Cl. The van der Waals surface area contributed by atoms with E-state index < -0.39 is 0 Å². The van der Waals surface area contributed by atoms with Crippen LogP contribution in [0.3, 0.4) is 0 Å². The van der Waals surface area contributed by atoms with E-state index in [-0.39, 0.29) is 18.3 Å². The summed E-state index contributed by atoms with van der Waals surface area (Å²) >= 11 is 0. The van der Waals surface area contributed by atoms with Gasteiger partial charge in [0, 0.05) is 30.6 Å². The minimum absolute atomic E-state index is 0. The van der Waals surface area contributed by atoms with Gasteiger partial charge in [0.05, 0.1) is 0 Å². The zero-order valence-electron chi connectivity index (χ0n) is 14.5. The number of rotatable bonds is 2. The molecule has 1 aromatic carbocycles. The Hall–Kier alpha value is -1.52. The van der Waals surface area contributed by atoms with E-state index in [2.05, 4.69) is 25.2 Å². The molecule has 2 fully saturated rings. The molecule has 0 saturated carbocycles. The van der Waals surface area contributed by atoms with Crippen molar-refractivity contribution in [3.8, 4) is 0 Å². The van der Waals surface area contributed by atoms with Crippen LogP contribution < -0.4 is 5.32 Å². The second-order valence-corrected chi connectivity index (χ2v) is 7.26. The van der Waals surface area contributed by atoms with Crippen LogP contribution in [0.15, 0.2) is 22.6 Å². The molecule has 0 aliphatic carbocycles. The van der Waals surface area contributed by atoms with Crippen molar-refractivity contribution < 1.29 is 9.21 Å². The van der Waals surface area contributed by atoms with Gasteiger partial charge in [-0.05, 0) is 68.9 Å². The van der Waals surface area contributed by atoms with Crippen LogP contribution in [0.2, 0.25) is 0 Å². The molecular formula is C19H25ClN2O2. The van der Waals surface area contributed by atoms with Crippen molar-refractivity contribution in [2.24, 2.45) is 0 Å². The first kappa shape index (κ1) is 17.3. The fraction of sp³-hybridized carbons (Fsp3) is 0.526. The predicted octanol–water partition coefficient (Wildman–Crippen LogP) is 3.83. The number of nitrogens with one attached hydrogen (secondary N) is 1. The lowest BCUT2D eigenvalue weighted by Gasteiger charge is -2.35. The third-order valence-electron chi connectivity index (χ3n) is 5.66. The lowest BCUT2D eigenvalue weighted by molar-refractivity contribution is 0.0652. The van der Waals surface area contributed by atoms with Gasteiger partial charge in [-0.25, -0.2) is 0 Å². The van der Waals surface area contributed by atoms with E-state index in [1.54, 1.807) is 0 Å². The van der Waals surface area contributed by atoms with E-state index in [0.717, 1.165) is 23.8 Å². The number of fused-ring (bicyclic) bond motifs is 3. The standard InChI is InChI=1S/C19H24N2O2.ClH/c1-11-6-13-8-18(23-17(13)7-12(11)2)19(22)21(3)16-9-14-4-5-15(10-16)20-14;/h6-8,14-16,20H,4-5,9-10H2,1-3H3;1H. The minimum Gasteiger partial charge on any atom is -0.451 e. The number of nitrogens with zero attached hydrogens (tertiary/aromatic N) is 1. The summed E-state index contributed by atoms with van der Waals surface area (Å²) in [5.41, 5.74) is 3.21. The van der Waals surface area contributed by atoms with Gasteiger partial charge in [-0.1, -0.05) is 0 Å². The van der Waals surface area contributed by atoms with Crippen LogP contribution in [0.5, 0.6) is 0 Å². The highest BCUT2D eigenvalue weighted by Gasteiger charge is 2.37. The van der Waals surface area contributed by atoms with Gasteiger partial charge in [-0.15, -0.1) is 12.4 Å². The van der Waals surface area contributed by atoms with E-state index in [0.29, 0.717) is 23.9 Å². The predicted molar refractivity (Wildman–Crippen MR) is 98.0 cm³/mol. The monoisotopic (exact) mass is 348 g/mol. The molecule has 2 atom stereocenters. The summed E-state index contributed by atoms with van der Waals surface area (Å²) in [6.45, 7) is 4.15. The van der Waals surface area contributed by atoms with Gasteiger partial charge < -0.3 is 14.6 Å². The summed E-state index contributed by atoms with van der Waals surface area (Å²) in [6, 6.07) is 7.47. The highest BCUT2D eigenvalue weighted by atomic mass is 35.5. The van der Waals surface area contributed by atoms with Crippen molar-refractivity contribution in [2.45, 2.75) is 57.7 Å². The van der Waals surface area contributed by atoms with Gasteiger partial charge in [0.2, 0.25) is 0 Å². The molecular weight excluding hydrogens is 324 g/mol. The molecule has 2 aliphatic heterocycles.